The zero-order chi connectivity index (χ0) is 13.8. The fourth-order valence-electron chi connectivity index (χ4n) is 2.31. The zero-order valence-electron chi connectivity index (χ0n) is 10.9. The van der Waals surface area contributed by atoms with Crippen molar-refractivity contribution in [2.24, 2.45) is 16.8 Å². The predicted molar refractivity (Wildman–Crippen MR) is 71.0 cm³/mol. The van der Waals surface area contributed by atoms with Crippen LogP contribution in [0.2, 0.25) is 0 Å². The number of piperidine rings is 1. The first kappa shape index (κ1) is 13.3. The summed E-state index contributed by atoms with van der Waals surface area (Å²) in [5.41, 5.74) is 6.88. The molecule has 1 amide bonds. The normalized spacial score (nSPS) is 20.4. The molecule has 0 bridgehead atoms. The van der Waals surface area contributed by atoms with E-state index < -0.39 is 0 Å². The summed E-state index contributed by atoms with van der Waals surface area (Å²) in [6, 6.07) is 5.38. The molecule has 0 radical (unpaired) electrons. The molecule has 0 saturated carbocycles. The summed E-state index contributed by atoms with van der Waals surface area (Å²) in [5.74, 6) is 0.0151. The summed E-state index contributed by atoms with van der Waals surface area (Å²) in [5, 5.41) is 11.7. The van der Waals surface area contributed by atoms with E-state index >= 15 is 0 Å². The summed E-state index contributed by atoms with van der Waals surface area (Å²) in [6.07, 6.45) is 1.68. The second kappa shape index (κ2) is 5.69. The minimum Gasteiger partial charge on any atom is -0.409 e. The number of amidine groups is 1. The average molecular weight is 262 g/mol. The number of carbonyl (C=O) groups excluding carboxylic acids is 1. The molecule has 1 fully saturated rings. The number of likely N-dealkylation sites (tertiary alicyclic amines) is 1. The maximum Gasteiger partial charge on any atom is 0.272 e. The molecule has 0 aliphatic carbocycles. The van der Waals surface area contributed by atoms with E-state index in [0.717, 1.165) is 18.5 Å². The molecule has 6 heteroatoms. The van der Waals surface area contributed by atoms with Gasteiger partial charge in [0.2, 0.25) is 0 Å². The van der Waals surface area contributed by atoms with Crippen LogP contribution in [0.15, 0.2) is 23.4 Å². The molecular weight excluding hydrogens is 244 g/mol. The molecule has 1 aromatic rings. The van der Waals surface area contributed by atoms with Gasteiger partial charge in [0.05, 0.1) is 0 Å². The lowest BCUT2D eigenvalue weighted by atomic mass is 9.97. The number of nitrogens with zero attached hydrogens (tertiary/aromatic N) is 3. The number of carbonyl (C=O) groups is 1. The van der Waals surface area contributed by atoms with Crippen LogP contribution in [0.3, 0.4) is 0 Å². The maximum atomic E-state index is 12.3. The van der Waals surface area contributed by atoms with Crippen LogP contribution in [0.1, 0.15) is 29.0 Å². The van der Waals surface area contributed by atoms with Crippen molar-refractivity contribution in [2.75, 3.05) is 13.1 Å². The Balaban J connectivity index is 2.11. The van der Waals surface area contributed by atoms with Crippen LogP contribution in [0.5, 0.6) is 0 Å². The molecule has 2 rings (SSSR count). The molecule has 1 unspecified atom stereocenters. The number of hydrogen-bond acceptors (Lipinski definition) is 4. The Labute approximate surface area is 111 Å². The second-order valence-corrected chi connectivity index (χ2v) is 4.78. The average Bonchev–Trinajstić information content (AvgIpc) is 2.45. The van der Waals surface area contributed by atoms with E-state index in [4.69, 9.17) is 10.9 Å². The van der Waals surface area contributed by atoms with Crippen molar-refractivity contribution >= 4 is 11.7 Å². The van der Waals surface area contributed by atoms with E-state index in [1.165, 1.54) is 0 Å². The van der Waals surface area contributed by atoms with Crippen LogP contribution in [0.4, 0.5) is 0 Å². The molecule has 19 heavy (non-hydrogen) atoms. The predicted octanol–water partition coefficient (Wildman–Crippen LogP) is 0.989. The van der Waals surface area contributed by atoms with Crippen molar-refractivity contribution in [3.8, 4) is 0 Å². The molecule has 3 N–H and O–H groups in total. The van der Waals surface area contributed by atoms with Gasteiger partial charge in [-0.3, -0.25) is 4.79 Å². The number of hydrogen-bond donors (Lipinski definition) is 2. The molecule has 102 valence electrons. The van der Waals surface area contributed by atoms with Crippen LogP contribution >= 0.6 is 0 Å². The molecule has 1 aromatic heterocycles. The number of aryl methyl sites for hydroxylation is 1. The van der Waals surface area contributed by atoms with Crippen molar-refractivity contribution in [1.82, 2.24) is 9.88 Å². The van der Waals surface area contributed by atoms with Crippen LogP contribution in [-0.4, -0.2) is 39.9 Å². The molecule has 0 spiro atoms. The van der Waals surface area contributed by atoms with Crippen LogP contribution in [0, 0.1) is 12.8 Å². The van der Waals surface area contributed by atoms with Gasteiger partial charge in [-0.2, -0.15) is 0 Å². The topological polar surface area (TPSA) is 91.8 Å². The van der Waals surface area contributed by atoms with Crippen molar-refractivity contribution < 1.29 is 10.0 Å². The van der Waals surface area contributed by atoms with Gasteiger partial charge in [0.25, 0.3) is 5.91 Å². The first-order valence-electron chi connectivity index (χ1n) is 6.32. The monoisotopic (exact) mass is 262 g/mol. The summed E-state index contributed by atoms with van der Waals surface area (Å²) in [7, 11) is 0. The Morgan fingerprint density at radius 1 is 1.58 bits per heavy atom. The summed E-state index contributed by atoms with van der Waals surface area (Å²) < 4.78 is 0. The van der Waals surface area contributed by atoms with Crippen molar-refractivity contribution in [3.63, 3.8) is 0 Å². The van der Waals surface area contributed by atoms with E-state index in [9.17, 15) is 4.79 Å². The molecule has 1 atom stereocenters. The molecule has 6 nitrogen and oxygen atoms in total. The lowest BCUT2D eigenvalue weighted by Gasteiger charge is -2.31. The Kier molecular flexibility index (Phi) is 3.99. The Morgan fingerprint density at radius 3 is 3.05 bits per heavy atom. The van der Waals surface area contributed by atoms with Gasteiger partial charge in [0.15, 0.2) is 0 Å². The molecular formula is C13H18N4O2. The molecule has 1 saturated heterocycles. The van der Waals surface area contributed by atoms with E-state index in [1.807, 2.05) is 19.1 Å². The standard InChI is InChI=1S/C13H18N4O2/c1-9-4-2-6-11(15-9)13(18)17-7-3-5-10(8-17)12(14)16-19/h2,4,6,10,19H,3,5,7-8H2,1H3,(H2,14,16). The summed E-state index contributed by atoms with van der Waals surface area (Å²) in [4.78, 5) is 18.3. The van der Waals surface area contributed by atoms with E-state index in [0.29, 0.717) is 18.8 Å². The minimum atomic E-state index is -0.0980. The first-order valence-corrected chi connectivity index (χ1v) is 6.32. The van der Waals surface area contributed by atoms with Gasteiger partial charge in [-0.05, 0) is 31.9 Å². The van der Waals surface area contributed by atoms with Gasteiger partial charge < -0.3 is 15.8 Å². The number of rotatable bonds is 2. The quantitative estimate of drug-likeness (QED) is 0.360. The van der Waals surface area contributed by atoms with E-state index in [1.54, 1.807) is 11.0 Å². The summed E-state index contributed by atoms with van der Waals surface area (Å²) >= 11 is 0. The third-order valence-corrected chi connectivity index (χ3v) is 3.35. The SMILES string of the molecule is Cc1cccc(C(=O)N2CCCC(C(N)=NO)C2)n1. The van der Waals surface area contributed by atoms with Crippen LogP contribution in [-0.2, 0) is 0 Å². The third-order valence-electron chi connectivity index (χ3n) is 3.35. The lowest BCUT2D eigenvalue weighted by Crippen LogP contribution is -2.44. The minimum absolute atomic E-state index is 0.0764. The van der Waals surface area contributed by atoms with Crippen molar-refractivity contribution in [3.05, 3.63) is 29.6 Å². The lowest BCUT2D eigenvalue weighted by molar-refractivity contribution is 0.0695. The fraction of sp³-hybridized carbons (Fsp3) is 0.462. The van der Waals surface area contributed by atoms with Crippen LogP contribution < -0.4 is 5.73 Å². The second-order valence-electron chi connectivity index (χ2n) is 4.78. The molecule has 0 aromatic carbocycles. The summed E-state index contributed by atoms with van der Waals surface area (Å²) in [6.45, 7) is 3.01. The zero-order valence-corrected chi connectivity index (χ0v) is 10.9. The van der Waals surface area contributed by atoms with Crippen LogP contribution in [0.25, 0.3) is 0 Å². The molecule has 1 aliphatic heterocycles. The smallest absolute Gasteiger partial charge is 0.272 e. The van der Waals surface area contributed by atoms with Gasteiger partial charge >= 0.3 is 0 Å². The molecule has 2 heterocycles. The number of oxime groups is 1. The highest BCUT2D eigenvalue weighted by Gasteiger charge is 2.27. The highest BCUT2D eigenvalue weighted by atomic mass is 16.4. The fourth-order valence-corrected chi connectivity index (χ4v) is 2.31. The first-order chi connectivity index (χ1) is 9.11. The van der Waals surface area contributed by atoms with Gasteiger partial charge in [-0.25, -0.2) is 4.98 Å². The van der Waals surface area contributed by atoms with Crippen molar-refractivity contribution in [1.29, 1.82) is 0 Å². The number of amides is 1. The number of nitrogens with two attached hydrogens (primary N) is 1. The Bertz CT molecular complexity index is 501. The third kappa shape index (κ3) is 3.01. The Morgan fingerprint density at radius 2 is 2.37 bits per heavy atom. The highest BCUT2D eigenvalue weighted by molar-refractivity contribution is 5.93. The number of aromatic nitrogens is 1. The van der Waals surface area contributed by atoms with Gasteiger partial charge in [0.1, 0.15) is 11.5 Å². The molecule has 1 aliphatic rings. The highest BCUT2D eigenvalue weighted by Crippen LogP contribution is 2.18. The van der Waals surface area contributed by atoms with Gasteiger partial charge in [-0.1, -0.05) is 11.2 Å². The van der Waals surface area contributed by atoms with E-state index in [2.05, 4.69) is 10.1 Å². The number of pyridine rings is 1. The van der Waals surface area contributed by atoms with Gasteiger partial charge in [-0.15, -0.1) is 0 Å². The Hall–Kier alpha value is -2.11. The van der Waals surface area contributed by atoms with E-state index in [-0.39, 0.29) is 17.7 Å². The largest absolute Gasteiger partial charge is 0.409 e. The van der Waals surface area contributed by atoms with Crippen molar-refractivity contribution in [2.45, 2.75) is 19.8 Å². The maximum absolute atomic E-state index is 12.3. The van der Waals surface area contributed by atoms with Gasteiger partial charge in [0, 0.05) is 24.7 Å².